The predicted molar refractivity (Wildman–Crippen MR) is 76.8 cm³/mol. The Bertz CT molecular complexity index is 511. The molecular weight excluding hydrogens is 255 g/mol. The molecule has 1 unspecified atom stereocenters. The molecule has 1 saturated carbocycles. The molecule has 20 heavy (non-hydrogen) atoms. The van der Waals surface area contributed by atoms with Crippen LogP contribution in [-0.4, -0.2) is 23.4 Å². The third kappa shape index (κ3) is 2.28. The van der Waals surface area contributed by atoms with E-state index in [1.54, 1.807) is 12.1 Å². The van der Waals surface area contributed by atoms with E-state index in [0.29, 0.717) is 17.5 Å². The average molecular weight is 276 g/mol. The number of rotatable bonds is 2. The number of amides is 1. The fourth-order valence-electron chi connectivity index (χ4n) is 3.76. The zero-order valence-electron chi connectivity index (χ0n) is 11.6. The summed E-state index contributed by atoms with van der Waals surface area (Å²) in [6.07, 6.45) is 7.09. The topological polar surface area (TPSA) is 46.3 Å². The van der Waals surface area contributed by atoms with Crippen LogP contribution in [0.3, 0.4) is 0 Å². The van der Waals surface area contributed by atoms with E-state index in [4.69, 9.17) is 5.73 Å². The van der Waals surface area contributed by atoms with E-state index in [-0.39, 0.29) is 11.6 Å². The van der Waals surface area contributed by atoms with Crippen LogP contribution in [0.1, 0.15) is 48.9 Å². The summed E-state index contributed by atoms with van der Waals surface area (Å²) in [6, 6.07) is 4.81. The van der Waals surface area contributed by atoms with Crippen molar-refractivity contribution in [1.29, 1.82) is 0 Å². The van der Waals surface area contributed by atoms with Gasteiger partial charge >= 0.3 is 0 Å². The first kappa shape index (κ1) is 13.4. The summed E-state index contributed by atoms with van der Waals surface area (Å²) in [7, 11) is 0. The molecule has 2 aliphatic rings. The van der Waals surface area contributed by atoms with E-state index < -0.39 is 5.82 Å². The normalized spacial score (nSPS) is 23.4. The Labute approximate surface area is 118 Å². The van der Waals surface area contributed by atoms with Crippen molar-refractivity contribution in [3.63, 3.8) is 0 Å². The lowest BCUT2D eigenvalue weighted by Crippen LogP contribution is -2.39. The van der Waals surface area contributed by atoms with Crippen molar-refractivity contribution in [2.75, 3.05) is 12.3 Å². The van der Waals surface area contributed by atoms with Gasteiger partial charge in [-0.15, -0.1) is 0 Å². The largest absolute Gasteiger partial charge is 0.396 e. The van der Waals surface area contributed by atoms with Crippen LogP contribution in [0.15, 0.2) is 18.2 Å². The van der Waals surface area contributed by atoms with Crippen molar-refractivity contribution in [3.05, 3.63) is 29.6 Å². The van der Waals surface area contributed by atoms with Crippen LogP contribution < -0.4 is 5.73 Å². The van der Waals surface area contributed by atoms with E-state index in [0.717, 1.165) is 19.4 Å². The van der Waals surface area contributed by atoms with Gasteiger partial charge in [0.15, 0.2) is 0 Å². The highest BCUT2D eigenvalue weighted by Crippen LogP contribution is 2.36. The number of carbonyl (C=O) groups excluding carboxylic acids is 1. The molecule has 2 N–H and O–H groups in total. The molecule has 1 aliphatic carbocycles. The van der Waals surface area contributed by atoms with Crippen LogP contribution in [0, 0.1) is 11.7 Å². The minimum Gasteiger partial charge on any atom is -0.396 e. The van der Waals surface area contributed by atoms with Crippen molar-refractivity contribution in [3.8, 4) is 0 Å². The standard InChI is InChI=1S/C16H21FN2O/c17-13-8-3-7-12(15(13)18)16(20)19-10-4-9-14(19)11-5-1-2-6-11/h3,7-8,11,14H,1-2,4-6,9-10,18H2. The Hall–Kier alpha value is -1.58. The molecule has 0 radical (unpaired) electrons. The lowest BCUT2D eigenvalue weighted by molar-refractivity contribution is 0.0689. The molecule has 4 heteroatoms. The summed E-state index contributed by atoms with van der Waals surface area (Å²) in [5, 5.41) is 0. The van der Waals surface area contributed by atoms with Crippen LogP contribution in [0.2, 0.25) is 0 Å². The number of nitrogens with two attached hydrogens (primary N) is 1. The van der Waals surface area contributed by atoms with E-state index >= 15 is 0 Å². The maximum atomic E-state index is 13.5. The summed E-state index contributed by atoms with van der Waals surface area (Å²) in [5.74, 6) is 0.0140. The molecule has 108 valence electrons. The maximum Gasteiger partial charge on any atom is 0.256 e. The Morgan fingerprint density at radius 3 is 2.70 bits per heavy atom. The average Bonchev–Trinajstić information content (AvgIpc) is 3.10. The van der Waals surface area contributed by atoms with Crippen LogP contribution in [-0.2, 0) is 0 Å². The number of likely N-dealkylation sites (tertiary alicyclic amines) is 1. The summed E-state index contributed by atoms with van der Waals surface area (Å²) >= 11 is 0. The molecule has 2 fully saturated rings. The third-order valence-electron chi connectivity index (χ3n) is 4.79. The number of hydrogen-bond acceptors (Lipinski definition) is 2. The number of benzene rings is 1. The van der Waals surface area contributed by atoms with Gasteiger partial charge in [-0.25, -0.2) is 4.39 Å². The Morgan fingerprint density at radius 2 is 1.95 bits per heavy atom. The minimum atomic E-state index is -0.507. The zero-order chi connectivity index (χ0) is 14.1. The van der Waals surface area contributed by atoms with Gasteiger partial charge in [0, 0.05) is 12.6 Å². The summed E-state index contributed by atoms with van der Waals surface area (Å²) in [4.78, 5) is 14.6. The quantitative estimate of drug-likeness (QED) is 0.843. The first-order chi connectivity index (χ1) is 9.68. The lowest BCUT2D eigenvalue weighted by Gasteiger charge is -2.29. The second-order valence-corrected chi connectivity index (χ2v) is 5.95. The zero-order valence-corrected chi connectivity index (χ0v) is 11.6. The molecule has 1 saturated heterocycles. The number of hydrogen-bond donors (Lipinski definition) is 1. The molecule has 1 aromatic rings. The second kappa shape index (κ2) is 5.43. The molecule has 1 aliphatic heterocycles. The van der Waals surface area contributed by atoms with Gasteiger partial charge in [0.2, 0.25) is 0 Å². The molecular formula is C16H21FN2O. The van der Waals surface area contributed by atoms with Gasteiger partial charge in [0.25, 0.3) is 5.91 Å². The van der Waals surface area contributed by atoms with Crippen molar-refractivity contribution in [2.45, 2.75) is 44.6 Å². The van der Waals surface area contributed by atoms with Crippen molar-refractivity contribution in [2.24, 2.45) is 5.92 Å². The Kier molecular flexibility index (Phi) is 3.64. The Morgan fingerprint density at radius 1 is 1.20 bits per heavy atom. The molecule has 0 aromatic heterocycles. The van der Waals surface area contributed by atoms with Crippen molar-refractivity contribution in [1.82, 2.24) is 4.90 Å². The first-order valence-corrected chi connectivity index (χ1v) is 7.53. The molecule has 1 heterocycles. The monoisotopic (exact) mass is 276 g/mol. The van der Waals surface area contributed by atoms with E-state index in [2.05, 4.69) is 0 Å². The van der Waals surface area contributed by atoms with Gasteiger partial charge in [-0.3, -0.25) is 4.79 Å². The van der Waals surface area contributed by atoms with Crippen molar-refractivity contribution >= 4 is 11.6 Å². The number of carbonyl (C=O) groups is 1. The number of para-hydroxylation sites is 1. The minimum absolute atomic E-state index is 0.0189. The second-order valence-electron chi connectivity index (χ2n) is 5.95. The highest BCUT2D eigenvalue weighted by Gasteiger charge is 2.36. The fourth-order valence-corrected chi connectivity index (χ4v) is 3.76. The predicted octanol–water partition coefficient (Wildman–Crippen LogP) is 3.20. The van der Waals surface area contributed by atoms with Gasteiger partial charge in [-0.2, -0.15) is 0 Å². The summed E-state index contributed by atoms with van der Waals surface area (Å²) in [6.45, 7) is 0.774. The van der Waals surface area contributed by atoms with Crippen LogP contribution in [0.4, 0.5) is 10.1 Å². The van der Waals surface area contributed by atoms with E-state index in [1.807, 2.05) is 4.90 Å². The smallest absolute Gasteiger partial charge is 0.256 e. The first-order valence-electron chi connectivity index (χ1n) is 7.53. The summed E-state index contributed by atoms with van der Waals surface area (Å²) < 4.78 is 13.5. The maximum absolute atomic E-state index is 13.5. The lowest BCUT2D eigenvalue weighted by atomic mass is 9.95. The van der Waals surface area contributed by atoms with Gasteiger partial charge in [-0.05, 0) is 43.7 Å². The Balaban J connectivity index is 1.83. The SMILES string of the molecule is Nc1c(F)cccc1C(=O)N1CCCC1C1CCCC1. The molecule has 3 rings (SSSR count). The molecule has 1 aromatic carbocycles. The van der Waals surface area contributed by atoms with Gasteiger partial charge in [0.05, 0.1) is 11.3 Å². The van der Waals surface area contributed by atoms with E-state index in [1.165, 1.54) is 31.7 Å². The van der Waals surface area contributed by atoms with Gasteiger partial charge in [0.1, 0.15) is 5.82 Å². The number of halogens is 1. The molecule has 0 bridgehead atoms. The number of nitrogens with zero attached hydrogens (tertiary/aromatic N) is 1. The van der Waals surface area contributed by atoms with Crippen LogP contribution in [0.5, 0.6) is 0 Å². The number of nitrogen functional groups attached to an aromatic ring is 1. The third-order valence-corrected chi connectivity index (χ3v) is 4.79. The van der Waals surface area contributed by atoms with Gasteiger partial charge in [-0.1, -0.05) is 18.9 Å². The van der Waals surface area contributed by atoms with Gasteiger partial charge < -0.3 is 10.6 Å². The molecule has 1 amide bonds. The summed E-state index contributed by atoms with van der Waals surface area (Å²) in [5.41, 5.74) is 6.02. The molecule has 1 atom stereocenters. The van der Waals surface area contributed by atoms with Crippen molar-refractivity contribution < 1.29 is 9.18 Å². The van der Waals surface area contributed by atoms with E-state index in [9.17, 15) is 9.18 Å². The van der Waals surface area contributed by atoms with Crippen LogP contribution in [0.25, 0.3) is 0 Å². The molecule has 0 spiro atoms. The highest BCUT2D eigenvalue weighted by atomic mass is 19.1. The fraction of sp³-hybridized carbons (Fsp3) is 0.562. The van der Waals surface area contributed by atoms with Crippen LogP contribution >= 0.6 is 0 Å². The number of anilines is 1. The molecule has 3 nitrogen and oxygen atoms in total. The highest BCUT2D eigenvalue weighted by molar-refractivity contribution is 5.99.